The molecule has 0 aliphatic carbocycles. The van der Waals surface area contributed by atoms with Gasteiger partial charge in [0.1, 0.15) is 5.76 Å². The van der Waals surface area contributed by atoms with Crippen LogP contribution in [0.25, 0.3) is 0 Å². The fourth-order valence-electron chi connectivity index (χ4n) is 1.17. The van der Waals surface area contributed by atoms with Crippen LogP contribution in [0.5, 0.6) is 0 Å². The lowest BCUT2D eigenvalue weighted by atomic mass is 10.4. The first kappa shape index (κ1) is 8.38. The molecule has 0 aromatic carbocycles. The van der Waals surface area contributed by atoms with Gasteiger partial charge in [-0.3, -0.25) is 0 Å². The Balaban J connectivity index is 2.18. The quantitative estimate of drug-likeness (QED) is 0.706. The van der Waals surface area contributed by atoms with Crippen LogP contribution in [0.15, 0.2) is 35.3 Å². The Kier molecular flexibility index (Phi) is 2.36. The summed E-state index contributed by atoms with van der Waals surface area (Å²) < 4.78 is 7.18. The van der Waals surface area contributed by atoms with Crippen molar-refractivity contribution in [2.75, 3.05) is 0 Å². The molecule has 0 N–H and O–H groups in total. The smallest absolute Gasteiger partial charge is 0.123 e. The summed E-state index contributed by atoms with van der Waals surface area (Å²) >= 11 is 5.72. The predicted octanol–water partition coefficient (Wildman–Crippen LogP) is 2.26. The number of nitrogens with zero attached hydrogens (tertiary/aromatic N) is 2. The molecule has 0 fully saturated rings. The van der Waals surface area contributed by atoms with E-state index in [-0.39, 0.29) is 0 Å². The number of furan rings is 1. The molecular weight excluding hydrogens is 188 g/mol. The third-order valence-corrected chi connectivity index (χ3v) is 2.12. The van der Waals surface area contributed by atoms with Crippen molar-refractivity contribution >= 4 is 11.6 Å². The Labute approximate surface area is 81.0 Å². The van der Waals surface area contributed by atoms with Crippen LogP contribution in [0.3, 0.4) is 0 Å². The molecule has 0 atom stereocenters. The Morgan fingerprint density at radius 2 is 2.46 bits per heavy atom. The summed E-state index contributed by atoms with van der Waals surface area (Å²) in [5.41, 5.74) is 0.998. The van der Waals surface area contributed by atoms with Crippen LogP contribution in [-0.4, -0.2) is 9.55 Å². The lowest BCUT2D eigenvalue weighted by Crippen LogP contribution is -2.00. The zero-order valence-electron chi connectivity index (χ0n) is 6.98. The van der Waals surface area contributed by atoms with Crippen LogP contribution in [0.1, 0.15) is 11.5 Å². The monoisotopic (exact) mass is 196 g/mol. The molecule has 2 heterocycles. The number of hydrogen-bond donors (Lipinski definition) is 0. The summed E-state index contributed by atoms with van der Waals surface area (Å²) in [6.07, 6.45) is 5.17. The number of halogens is 1. The Bertz CT molecular complexity index is 367. The van der Waals surface area contributed by atoms with Crippen molar-refractivity contribution in [2.45, 2.75) is 12.4 Å². The molecule has 3 nitrogen and oxygen atoms in total. The molecule has 2 rings (SSSR count). The van der Waals surface area contributed by atoms with E-state index in [1.807, 2.05) is 16.7 Å². The van der Waals surface area contributed by atoms with Gasteiger partial charge in [-0.05, 0) is 12.1 Å². The number of alkyl halides is 1. The minimum atomic E-state index is 0.473. The Hall–Kier alpha value is -1.22. The molecule has 2 aromatic rings. The Morgan fingerprint density at radius 3 is 3.15 bits per heavy atom. The van der Waals surface area contributed by atoms with Crippen molar-refractivity contribution in [2.24, 2.45) is 0 Å². The zero-order chi connectivity index (χ0) is 9.10. The fourth-order valence-corrected chi connectivity index (χ4v) is 1.39. The van der Waals surface area contributed by atoms with E-state index >= 15 is 0 Å². The van der Waals surface area contributed by atoms with Gasteiger partial charge in [0.2, 0.25) is 0 Å². The van der Waals surface area contributed by atoms with E-state index in [1.165, 1.54) is 0 Å². The van der Waals surface area contributed by atoms with E-state index in [2.05, 4.69) is 4.98 Å². The van der Waals surface area contributed by atoms with Crippen molar-refractivity contribution in [3.05, 3.63) is 42.4 Å². The van der Waals surface area contributed by atoms with Crippen LogP contribution < -0.4 is 0 Å². The summed E-state index contributed by atoms with van der Waals surface area (Å²) in [5.74, 6) is 1.38. The molecule has 0 radical (unpaired) electrons. The normalized spacial score (nSPS) is 10.5. The van der Waals surface area contributed by atoms with Crippen molar-refractivity contribution < 1.29 is 4.42 Å². The summed E-state index contributed by atoms with van der Waals surface area (Å²) in [6.45, 7) is 0.690. The van der Waals surface area contributed by atoms with Crippen molar-refractivity contribution in [1.82, 2.24) is 9.55 Å². The average molecular weight is 197 g/mol. The third-order valence-electron chi connectivity index (χ3n) is 1.84. The number of imidazole rings is 1. The van der Waals surface area contributed by atoms with Gasteiger partial charge >= 0.3 is 0 Å². The maximum absolute atomic E-state index is 5.72. The van der Waals surface area contributed by atoms with E-state index in [9.17, 15) is 0 Å². The number of hydrogen-bond acceptors (Lipinski definition) is 2. The number of aromatic nitrogens is 2. The van der Waals surface area contributed by atoms with Crippen molar-refractivity contribution in [3.63, 3.8) is 0 Å². The molecule has 0 aliphatic heterocycles. The summed E-state index contributed by atoms with van der Waals surface area (Å²) in [6, 6.07) is 3.80. The van der Waals surface area contributed by atoms with E-state index < -0.39 is 0 Å². The molecule has 68 valence electrons. The van der Waals surface area contributed by atoms with E-state index in [1.54, 1.807) is 18.8 Å². The van der Waals surface area contributed by atoms with E-state index in [0.717, 1.165) is 11.5 Å². The third kappa shape index (κ3) is 1.75. The van der Waals surface area contributed by atoms with Gasteiger partial charge in [0.05, 0.1) is 30.7 Å². The summed E-state index contributed by atoms with van der Waals surface area (Å²) in [7, 11) is 0. The van der Waals surface area contributed by atoms with Crippen LogP contribution >= 0.6 is 11.6 Å². The first-order valence-corrected chi connectivity index (χ1v) is 4.51. The molecule has 0 saturated heterocycles. The maximum atomic E-state index is 5.72. The molecule has 0 bridgehead atoms. The second kappa shape index (κ2) is 3.66. The molecule has 4 heteroatoms. The van der Waals surface area contributed by atoms with Crippen LogP contribution in [0, 0.1) is 0 Å². The molecule has 0 amide bonds. The van der Waals surface area contributed by atoms with E-state index in [0.29, 0.717) is 12.4 Å². The molecule has 0 unspecified atom stereocenters. The predicted molar refractivity (Wildman–Crippen MR) is 49.6 cm³/mol. The molecule has 13 heavy (non-hydrogen) atoms. The zero-order valence-corrected chi connectivity index (χ0v) is 7.74. The minimum Gasteiger partial charge on any atom is -0.467 e. The second-order valence-electron chi connectivity index (χ2n) is 2.73. The standard InChI is InChI=1S/C9H9ClN2O/c10-4-8-5-11-7-12(8)6-9-2-1-3-13-9/h1-3,5,7H,4,6H2. The van der Waals surface area contributed by atoms with Gasteiger partial charge in [-0.25, -0.2) is 4.98 Å². The molecule has 0 saturated carbocycles. The lowest BCUT2D eigenvalue weighted by Gasteiger charge is -2.02. The van der Waals surface area contributed by atoms with Crippen molar-refractivity contribution in [1.29, 1.82) is 0 Å². The number of rotatable bonds is 3. The maximum Gasteiger partial charge on any atom is 0.123 e. The van der Waals surface area contributed by atoms with Crippen LogP contribution in [-0.2, 0) is 12.4 Å². The molecule has 2 aromatic heterocycles. The first-order chi connectivity index (χ1) is 6.40. The highest BCUT2D eigenvalue weighted by Gasteiger charge is 2.02. The molecular formula is C9H9ClN2O. The van der Waals surface area contributed by atoms with Gasteiger partial charge < -0.3 is 8.98 Å². The van der Waals surface area contributed by atoms with E-state index in [4.69, 9.17) is 16.0 Å². The second-order valence-corrected chi connectivity index (χ2v) is 2.99. The largest absolute Gasteiger partial charge is 0.467 e. The summed E-state index contributed by atoms with van der Waals surface area (Å²) in [4.78, 5) is 4.01. The SMILES string of the molecule is ClCc1cncn1Cc1ccco1. The fraction of sp³-hybridized carbons (Fsp3) is 0.222. The average Bonchev–Trinajstić information content (AvgIpc) is 2.76. The van der Waals surface area contributed by atoms with Gasteiger partial charge in [-0.1, -0.05) is 0 Å². The van der Waals surface area contributed by atoms with Gasteiger partial charge in [0.25, 0.3) is 0 Å². The first-order valence-electron chi connectivity index (χ1n) is 3.97. The van der Waals surface area contributed by atoms with Gasteiger partial charge in [0.15, 0.2) is 0 Å². The molecule has 0 spiro atoms. The van der Waals surface area contributed by atoms with Crippen LogP contribution in [0.2, 0.25) is 0 Å². The summed E-state index contributed by atoms with van der Waals surface area (Å²) in [5, 5.41) is 0. The van der Waals surface area contributed by atoms with Crippen molar-refractivity contribution in [3.8, 4) is 0 Å². The minimum absolute atomic E-state index is 0.473. The van der Waals surface area contributed by atoms with Gasteiger partial charge in [-0.2, -0.15) is 0 Å². The van der Waals surface area contributed by atoms with Crippen LogP contribution in [0.4, 0.5) is 0 Å². The molecule has 0 aliphatic rings. The highest BCUT2D eigenvalue weighted by atomic mass is 35.5. The Morgan fingerprint density at radius 1 is 1.54 bits per heavy atom. The van der Waals surface area contributed by atoms with Gasteiger partial charge in [-0.15, -0.1) is 11.6 Å². The highest BCUT2D eigenvalue weighted by molar-refractivity contribution is 6.16. The topological polar surface area (TPSA) is 31.0 Å². The lowest BCUT2D eigenvalue weighted by molar-refractivity contribution is 0.491. The van der Waals surface area contributed by atoms with Gasteiger partial charge in [0, 0.05) is 6.20 Å². The highest BCUT2D eigenvalue weighted by Crippen LogP contribution is 2.08.